The molecule has 102 valence electrons. The molecular formula is C13H25BN2O2. The molecule has 0 N–H and O–H groups in total. The first-order valence-corrected chi connectivity index (χ1v) is 6.98. The largest absolute Gasteiger partial charge is 0.543 e. The van der Waals surface area contributed by atoms with Crippen LogP contribution < -0.4 is 0 Å². The Kier molecular flexibility index (Phi) is 7.36. The summed E-state index contributed by atoms with van der Waals surface area (Å²) in [6, 6.07) is 0. The van der Waals surface area contributed by atoms with E-state index in [4.69, 9.17) is 8.05 Å². The molecule has 0 spiro atoms. The zero-order valence-electron chi connectivity index (χ0n) is 11.7. The van der Waals surface area contributed by atoms with Crippen LogP contribution in [0.25, 0.3) is 0 Å². The summed E-state index contributed by atoms with van der Waals surface area (Å²) in [7, 11) is 7.15. The molecule has 1 atom stereocenters. The average molecular weight is 252 g/mol. The molecule has 1 saturated heterocycles. The van der Waals surface area contributed by atoms with Crippen LogP contribution in [0.4, 0.5) is 0 Å². The van der Waals surface area contributed by atoms with Crippen LogP contribution in [0, 0.1) is 5.92 Å². The summed E-state index contributed by atoms with van der Waals surface area (Å²) in [4.78, 5) is 16.3. The van der Waals surface area contributed by atoms with Crippen LogP contribution in [0.3, 0.4) is 0 Å². The Hall–Kier alpha value is -0.545. The first kappa shape index (κ1) is 15.5. The van der Waals surface area contributed by atoms with Crippen molar-refractivity contribution < 1.29 is 9.45 Å². The molecule has 0 aromatic heterocycles. The summed E-state index contributed by atoms with van der Waals surface area (Å²) in [5.74, 6) is -0.285. The van der Waals surface area contributed by atoms with E-state index in [1.54, 1.807) is 0 Å². The number of hydrogen-bond donors (Lipinski definition) is 0. The fourth-order valence-corrected chi connectivity index (χ4v) is 2.34. The minimum Gasteiger partial charge on any atom is -0.543 e. The number of nitrogens with zero attached hydrogens (tertiary/aromatic N) is 2. The van der Waals surface area contributed by atoms with Crippen molar-refractivity contribution in [1.82, 2.24) is 9.80 Å². The molecule has 1 fully saturated rings. The SMILES string of the molecule is [B]OC(=O)C(CCCC)CCN1CCN(C)CC1. The van der Waals surface area contributed by atoms with Gasteiger partial charge in [0.1, 0.15) is 0 Å². The number of hydrogen-bond acceptors (Lipinski definition) is 4. The summed E-state index contributed by atoms with van der Waals surface area (Å²) in [6.45, 7) is 7.51. The first-order chi connectivity index (χ1) is 8.67. The van der Waals surface area contributed by atoms with Gasteiger partial charge < -0.3 is 14.5 Å². The van der Waals surface area contributed by atoms with E-state index in [1.165, 1.54) is 0 Å². The standard InChI is InChI=1S/C13H25BN2O2/c1-3-4-5-12(13(17)18-14)6-7-16-10-8-15(2)9-11-16/h12H,3-11H2,1-2H3. The molecule has 0 aromatic carbocycles. The van der Waals surface area contributed by atoms with Crippen LogP contribution in [0.5, 0.6) is 0 Å². The number of unbranched alkanes of at least 4 members (excludes halogenated alkanes) is 1. The second kappa shape index (κ2) is 8.54. The smallest absolute Gasteiger partial charge is 0.378 e. The maximum Gasteiger partial charge on any atom is 0.378 e. The van der Waals surface area contributed by atoms with E-state index < -0.39 is 0 Å². The molecule has 0 amide bonds. The predicted octanol–water partition coefficient (Wildman–Crippen LogP) is 1.06. The first-order valence-electron chi connectivity index (χ1n) is 6.98. The van der Waals surface area contributed by atoms with Crippen molar-refractivity contribution in [3.63, 3.8) is 0 Å². The molecule has 1 heterocycles. The van der Waals surface area contributed by atoms with Crippen molar-refractivity contribution in [1.29, 1.82) is 0 Å². The van der Waals surface area contributed by atoms with E-state index in [1.807, 2.05) is 0 Å². The zero-order chi connectivity index (χ0) is 13.4. The van der Waals surface area contributed by atoms with Gasteiger partial charge in [0, 0.05) is 26.2 Å². The van der Waals surface area contributed by atoms with Gasteiger partial charge in [-0.15, -0.1) is 0 Å². The van der Waals surface area contributed by atoms with Gasteiger partial charge in [0.05, 0.1) is 5.92 Å². The average Bonchev–Trinajstić information content (AvgIpc) is 2.40. The van der Waals surface area contributed by atoms with Gasteiger partial charge in [0.15, 0.2) is 0 Å². The van der Waals surface area contributed by atoms with E-state index >= 15 is 0 Å². The lowest BCUT2D eigenvalue weighted by Gasteiger charge is -2.33. The molecule has 0 aliphatic carbocycles. The third-order valence-electron chi connectivity index (χ3n) is 3.75. The van der Waals surface area contributed by atoms with Gasteiger partial charge in [0.25, 0.3) is 5.97 Å². The number of likely N-dealkylation sites (N-methyl/N-ethyl adjacent to an activating group) is 1. The topological polar surface area (TPSA) is 32.8 Å². The molecule has 18 heavy (non-hydrogen) atoms. The maximum atomic E-state index is 11.6. The van der Waals surface area contributed by atoms with E-state index in [2.05, 4.69) is 28.4 Å². The summed E-state index contributed by atoms with van der Waals surface area (Å²) in [6.07, 6.45) is 3.91. The van der Waals surface area contributed by atoms with Crippen molar-refractivity contribution in [2.75, 3.05) is 39.8 Å². The lowest BCUT2D eigenvalue weighted by Crippen LogP contribution is -2.45. The number of piperazine rings is 1. The van der Waals surface area contributed by atoms with Crippen molar-refractivity contribution in [3.05, 3.63) is 0 Å². The van der Waals surface area contributed by atoms with Crippen molar-refractivity contribution >= 4 is 14.0 Å². The second-order valence-corrected chi connectivity index (χ2v) is 5.21. The zero-order valence-corrected chi connectivity index (χ0v) is 11.7. The number of rotatable bonds is 7. The monoisotopic (exact) mass is 252 g/mol. The molecule has 4 nitrogen and oxygen atoms in total. The molecule has 1 aliphatic heterocycles. The lowest BCUT2D eigenvalue weighted by molar-refractivity contribution is -0.139. The highest BCUT2D eigenvalue weighted by Gasteiger charge is 2.20. The summed E-state index contributed by atoms with van der Waals surface area (Å²) in [5, 5.41) is 0. The Bertz CT molecular complexity index is 243. The highest BCUT2D eigenvalue weighted by Crippen LogP contribution is 2.15. The van der Waals surface area contributed by atoms with Crippen LogP contribution in [-0.4, -0.2) is 63.6 Å². The third-order valence-corrected chi connectivity index (χ3v) is 3.75. The lowest BCUT2D eigenvalue weighted by atomic mass is 9.98. The van der Waals surface area contributed by atoms with Gasteiger partial charge in [-0.05, 0) is 26.4 Å². The van der Waals surface area contributed by atoms with Gasteiger partial charge in [-0.3, -0.25) is 4.79 Å². The molecule has 0 saturated carbocycles. The van der Waals surface area contributed by atoms with Crippen molar-refractivity contribution in [2.45, 2.75) is 32.6 Å². The molecular weight excluding hydrogens is 227 g/mol. The molecule has 1 rings (SSSR count). The highest BCUT2D eigenvalue weighted by molar-refractivity contribution is 6.05. The fourth-order valence-electron chi connectivity index (χ4n) is 2.34. The predicted molar refractivity (Wildman–Crippen MR) is 73.4 cm³/mol. The Morgan fingerprint density at radius 1 is 1.28 bits per heavy atom. The van der Waals surface area contributed by atoms with Gasteiger partial charge >= 0.3 is 8.05 Å². The molecule has 5 heteroatoms. The molecule has 1 unspecified atom stereocenters. The van der Waals surface area contributed by atoms with Crippen molar-refractivity contribution in [2.24, 2.45) is 5.92 Å². The van der Waals surface area contributed by atoms with Crippen LogP contribution in [0.2, 0.25) is 0 Å². The van der Waals surface area contributed by atoms with Crippen LogP contribution in [0.15, 0.2) is 0 Å². The molecule has 1 aliphatic rings. The summed E-state index contributed by atoms with van der Waals surface area (Å²) < 4.78 is 4.40. The Morgan fingerprint density at radius 2 is 1.94 bits per heavy atom. The second-order valence-electron chi connectivity index (χ2n) is 5.21. The molecule has 0 aromatic rings. The van der Waals surface area contributed by atoms with Crippen LogP contribution in [-0.2, 0) is 9.45 Å². The van der Waals surface area contributed by atoms with Crippen LogP contribution >= 0.6 is 0 Å². The van der Waals surface area contributed by atoms with Gasteiger partial charge in [-0.2, -0.15) is 0 Å². The van der Waals surface area contributed by atoms with E-state index in [0.29, 0.717) is 0 Å². The number of carbonyl (C=O) groups excluding carboxylic acids is 1. The van der Waals surface area contributed by atoms with Gasteiger partial charge in [-0.1, -0.05) is 19.8 Å². The normalized spacial score (nSPS) is 19.7. The van der Waals surface area contributed by atoms with E-state index in [0.717, 1.165) is 58.4 Å². The summed E-state index contributed by atoms with van der Waals surface area (Å²) in [5.41, 5.74) is 0. The van der Waals surface area contributed by atoms with Gasteiger partial charge in [0.2, 0.25) is 0 Å². The van der Waals surface area contributed by atoms with E-state index in [9.17, 15) is 4.79 Å². The minimum absolute atomic E-state index is 0.0328. The van der Waals surface area contributed by atoms with Crippen molar-refractivity contribution in [3.8, 4) is 0 Å². The Morgan fingerprint density at radius 3 is 2.50 bits per heavy atom. The Balaban J connectivity index is 2.29. The van der Waals surface area contributed by atoms with E-state index in [-0.39, 0.29) is 11.9 Å². The number of carbonyl (C=O) groups is 1. The Labute approximate surface area is 112 Å². The quantitative estimate of drug-likeness (QED) is 0.634. The molecule has 2 radical (unpaired) electrons. The maximum absolute atomic E-state index is 11.6. The highest BCUT2D eigenvalue weighted by atomic mass is 16.5. The third kappa shape index (κ3) is 5.40. The van der Waals surface area contributed by atoms with Gasteiger partial charge in [-0.25, -0.2) is 0 Å². The van der Waals surface area contributed by atoms with Crippen LogP contribution in [0.1, 0.15) is 32.6 Å². The summed E-state index contributed by atoms with van der Waals surface area (Å²) >= 11 is 0. The molecule has 0 bridgehead atoms. The fraction of sp³-hybridized carbons (Fsp3) is 0.923. The minimum atomic E-state index is -0.252.